The van der Waals surface area contributed by atoms with Crippen LogP contribution in [0.5, 0.6) is 0 Å². The van der Waals surface area contributed by atoms with Crippen molar-refractivity contribution in [1.29, 1.82) is 0 Å². The number of ether oxygens (including phenoxy) is 1. The Morgan fingerprint density at radius 1 is 1.47 bits per heavy atom. The zero-order valence-electron chi connectivity index (χ0n) is 9.36. The van der Waals surface area contributed by atoms with Crippen LogP contribution in [0.25, 0.3) is 0 Å². The van der Waals surface area contributed by atoms with Gasteiger partial charge in [0.05, 0.1) is 6.10 Å². The molecule has 0 saturated heterocycles. The molecule has 5 heteroatoms. The van der Waals surface area contributed by atoms with Crippen LogP contribution in [0, 0.1) is 13.8 Å². The zero-order valence-corrected chi connectivity index (χ0v) is 10.2. The Morgan fingerprint density at radius 2 is 2.07 bits per heavy atom. The fourth-order valence-electron chi connectivity index (χ4n) is 1.20. The van der Waals surface area contributed by atoms with Gasteiger partial charge in [-0.3, -0.25) is 14.2 Å². The van der Waals surface area contributed by atoms with Gasteiger partial charge in [-0.15, -0.1) is 0 Å². The molecule has 4 nitrogen and oxygen atoms in total. The van der Waals surface area contributed by atoms with Gasteiger partial charge in [-0.25, -0.2) is 0 Å². The van der Waals surface area contributed by atoms with Crippen molar-refractivity contribution in [2.24, 2.45) is 0 Å². The second kappa shape index (κ2) is 4.61. The average Bonchev–Trinajstić information content (AvgIpc) is 2.31. The molecule has 0 amide bonds. The molecule has 1 rings (SSSR count). The third kappa shape index (κ3) is 2.92. The molecule has 0 spiro atoms. The maximum absolute atomic E-state index is 11.5. The standard InChI is InChI=1S/C10H15NO3S/c1-6(2)14-9(12)5-11-7(3)8(4)15-10(11)13/h6H,5H2,1-4H3. The first kappa shape index (κ1) is 12.0. The van der Waals surface area contributed by atoms with Crippen molar-refractivity contribution in [3.63, 3.8) is 0 Å². The van der Waals surface area contributed by atoms with Gasteiger partial charge in [-0.05, 0) is 27.7 Å². The highest BCUT2D eigenvalue weighted by Crippen LogP contribution is 2.09. The molecule has 1 aromatic heterocycles. The predicted octanol–water partition coefficient (Wildman–Crippen LogP) is 1.48. The first-order chi connectivity index (χ1) is 6.91. The molecule has 1 heterocycles. The van der Waals surface area contributed by atoms with E-state index in [4.69, 9.17) is 4.74 Å². The molecule has 0 saturated carbocycles. The van der Waals surface area contributed by atoms with E-state index in [9.17, 15) is 9.59 Å². The molecule has 0 N–H and O–H groups in total. The molecule has 0 aromatic carbocycles. The van der Waals surface area contributed by atoms with Gasteiger partial charge in [0.2, 0.25) is 0 Å². The van der Waals surface area contributed by atoms with Crippen LogP contribution in [-0.4, -0.2) is 16.6 Å². The summed E-state index contributed by atoms with van der Waals surface area (Å²) < 4.78 is 6.43. The van der Waals surface area contributed by atoms with Crippen LogP contribution in [0.1, 0.15) is 24.4 Å². The lowest BCUT2D eigenvalue weighted by Crippen LogP contribution is -2.24. The summed E-state index contributed by atoms with van der Waals surface area (Å²) in [5.74, 6) is -0.368. The fraction of sp³-hybridized carbons (Fsp3) is 0.600. The summed E-state index contributed by atoms with van der Waals surface area (Å²) in [5, 5.41) is 0. The number of aryl methyl sites for hydroxylation is 1. The van der Waals surface area contributed by atoms with Crippen LogP contribution in [0.4, 0.5) is 0 Å². The van der Waals surface area contributed by atoms with Crippen LogP contribution >= 0.6 is 11.3 Å². The fourth-order valence-corrected chi connectivity index (χ4v) is 2.03. The number of nitrogens with zero attached hydrogens (tertiary/aromatic N) is 1. The van der Waals surface area contributed by atoms with Gasteiger partial charge < -0.3 is 4.74 Å². The van der Waals surface area contributed by atoms with E-state index in [1.165, 1.54) is 4.57 Å². The lowest BCUT2D eigenvalue weighted by atomic mass is 10.4. The predicted molar refractivity (Wildman–Crippen MR) is 59.3 cm³/mol. The molecule has 0 atom stereocenters. The summed E-state index contributed by atoms with van der Waals surface area (Å²) >= 11 is 1.16. The van der Waals surface area contributed by atoms with Gasteiger partial charge in [0, 0.05) is 10.6 Å². The van der Waals surface area contributed by atoms with E-state index in [0.717, 1.165) is 21.9 Å². The first-order valence-corrected chi connectivity index (χ1v) is 5.59. The Hall–Kier alpha value is -1.10. The molecular weight excluding hydrogens is 214 g/mol. The van der Waals surface area contributed by atoms with Gasteiger partial charge in [-0.2, -0.15) is 0 Å². The maximum Gasteiger partial charge on any atom is 0.326 e. The molecule has 0 aliphatic rings. The molecule has 1 aromatic rings. The molecule has 0 fully saturated rings. The summed E-state index contributed by atoms with van der Waals surface area (Å²) in [5.41, 5.74) is 0.839. The molecule has 0 radical (unpaired) electrons. The Kier molecular flexibility index (Phi) is 3.68. The van der Waals surface area contributed by atoms with Crippen LogP contribution in [-0.2, 0) is 16.1 Å². The average molecular weight is 229 g/mol. The van der Waals surface area contributed by atoms with Crippen molar-refractivity contribution in [1.82, 2.24) is 4.57 Å². The van der Waals surface area contributed by atoms with Gasteiger partial charge >= 0.3 is 10.8 Å². The molecule has 0 bridgehead atoms. The van der Waals surface area contributed by atoms with Gasteiger partial charge in [0.15, 0.2) is 0 Å². The van der Waals surface area contributed by atoms with E-state index in [1.54, 1.807) is 13.8 Å². The zero-order chi connectivity index (χ0) is 11.6. The van der Waals surface area contributed by atoms with Crippen LogP contribution in [0.15, 0.2) is 4.79 Å². The first-order valence-electron chi connectivity index (χ1n) is 4.78. The number of hydrogen-bond acceptors (Lipinski definition) is 4. The van der Waals surface area contributed by atoms with Crippen LogP contribution in [0.2, 0.25) is 0 Å². The second-order valence-corrected chi connectivity index (χ2v) is 4.80. The normalized spacial score (nSPS) is 10.7. The molecule has 0 unspecified atom stereocenters. The van der Waals surface area contributed by atoms with Crippen molar-refractivity contribution in [3.05, 3.63) is 20.2 Å². The minimum atomic E-state index is -0.368. The van der Waals surface area contributed by atoms with E-state index in [1.807, 2.05) is 13.8 Å². The summed E-state index contributed by atoms with van der Waals surface area (Å²) in [6.07, 6.45) is -0.145. The van der Waals surface area contributed by atoms with Gasteiger partial charge in [-0.1, -0.05) is 11.3 Å². The van der Waals surface area contributed by atoms with Crippen molar-refractivity contribution in [3.8, 4) is 0 Å². The number of thiazole rings is 1. The van der Waals surface area contributed by atoms with Gasteiger partial charge in [0.25, 0.3) is 0 Å². The van der Waals surface area contributed by atoms with E-state index < -0.39 is 0 Å². The van der Waals surface area contributed by atoms with Gasteiger partial charge in [0.1, 0.15) is 6.54 Å². The molecule has 0 aliphatic heterocycles. The number of hydrogen-bond donors (Lipinski definition) is 0. The topological polar surface area (TPSA) is 48.3 Å². The number of esters is 1. The van der Waals surface area contributed by atoms with Crippen molar-refractivity contribution in [2.45, 2.75) is 40.3 Å². The molecule has 0 aliphatic carbocycles. The smallest absolute Gasteiger partial charge is 0.326 e. The summed E-state index contributed by atoms with van der Waals surface area (Å²) in [7, 11) is 0. The van der Waals surface area contributed by atoms with E-state index in [-0.39, 0.29) is 23.5 Å². The minimum absolute atomic E-state index is 0.00713. The van der Waals surface area contributed by atoms with Crippen molar-refractivity contribution >= 4 is 17.3 Å². The maximum atomic E-state index is 11.5. The number of aromatic nitrogens is 1. The van der Waals surface area contributed by atoms with E-state index >= 15 is 0 Å². The number of carbonyl (C=O) groups is 1. The summed E-state index contributed by atoms with van der Waals surface area (Å²) in [6.45, 7) is 7.27. The minimum Gasteiger partial charge on any atom is -0.462 e. The Labute approximate surface area is 92.5 Å². The Morgan fingerprint density at radius 3 is 2.47 bits per heavy atom. The Bertz CT molecular complexity index is 417. The van der Waals surface area contributed by atoms with Crippen LogP contribution in [0.3, 0.4) is 0 Å². The summed E-state index contributed by atoms with van der Waals surface area (Å²) in [4.78, 5) is 23.7. The van der Waals surface area contributed by atoms with Crippen molar-refractivity contribution < 1.29 is 9.53 Å². The molecule has 84 valence electrons. The van der Waals surface area contributed by atoms with E-state index in [2.05, 4.69) is 0 Å². The quantitative estimate of drug-likeness (QED) is 0.738. The summed E-state index contributed by atoms with van der Waals surface area (Å²) in [6, 6.07) is 0. The SMILES string of the molecule is Cc1sc(=O)n(CC(=O)OC(C)C)c1C. The largest absolute Gasteiger partial charge is 0.462 e. The highest BCUT2D eigenvalue weighted by atomic mass is 32.1. The van der Waals surface area contributed by atoms with Crippen LogP contribution < -0.4 is 4.87 Å². The van der Waals surface area contributed by atoms with Crippen molar-refractivity contribution in [2.75, 3.05) is 0 Å². The monoisotopic (exact) mass is 229 g/mol. The third-order valence-corrected chi connectivity index (χ3v) is 3.03. The third-order valence-electron chi connectivity index (χ3n) is 2.03. The highest BCUT2D eigenvalue weighted by molar-refractivity contribution is 7.09. The lowest BCUT2D eigenvalue weighted by Gasteiger charge is -2.08. The molecule has 15 heavy (non-hydrogen) atoms. The highest BCUT2D eigenvalue weighted by Gasteiger charge is 2.12. The second-order valence-electron chi connectivity index (χ2n) is 3.63. The Balaban J connectivity index is 2.81. The molecular formula is C10H15NO3S. The lowest BCUT2D eigenvalue weighted by molar-refractivity contribution is -0.148. The number of rotatable bonds is 3. The number of carbonyl (C=O) groups excluding carboxylic acids is 1. The van der Waals surface area contributed by atoms with E-state index in [0.29, 0.717) is 0 Å².